The van der Waals surface area contributed by atoms with Crippen molar-refractivity contribution in [3.8, 4) is 0 Å². The van der Waals surface area contributed by atoms with E-state index in [-0.39, 0.29) is 18.8 Å². The van der Waals surface area contributed by atoms with Crippen LogP contribution < -0.4 is 0 Å². The van der Waals surface area contributed by atoms with Crippen molar-refractivity contribution in [2.24, 2.45) is 23.7 Å². The Morgan fingerprint density at radius 2 is 1.04 bits per heavy atom. The summed E-state index contributed by atoms with van der Waals surface area (Å²) in [5.74, 6) is -56.9. The van der Waals surface area contributed by atoms with Crippen molar-refractivity contribution in [2.75, 3.05) is 6.61 Å². The molecule has 0 aromatic carbocycles. The van der Waals surface area contributed by atoms with Gasteiger partial charge in [0.2, 0.25) is 0 Å². The number of halogens is 16. The Balaban J connectivity index is 2.04. The van der Waals surface area contributed by atoms with Crippen LogP contribution >= 0.6 is 0 Å². The lowest BCUT2D eigenvalue weighted by Crippen LogP contribution is -2.74. The molecule has 2 aliphatic carbocycles. The maximum Gasteiger partial charge on any atom is 0.385 e. The molecular weight excluding hydrogens is 660 g/mol. The van der Waals surface area contributed by atoms with E-state index in [2.05, 4.69) is 11.7 Å². The van der Waals surface area contributed by atoms with Crippen molar-refractivity contribution in [3.05, 3.63) is 0 Å². The first-order chi connectivity index (χ1) is 20.3. The van der Waals surface area contributed by atoms with Crippen LogP contribution in [-0.2, 0) is 9.53 Å². The summed E-state index contributed by atoms with van der Waals surface area (Å²) < 4.78 is 220. The Labute approximate surface area is 248 Å². The zero-order valence-electron chi connectivity index (χ0n) is 23.9. The second-order valence-electron chi connectivity index (χ2n) is 12.0. The number of hydrogen-bond donors (Lipinski definition) is 0. The summed E-state index contributed by atoms with van der Waals surface area (Å²) >= 11 is 0. The van der Waals surface area contributed by atoms with E-state index in [0.29, 0.717) is 24.7 Å². The fourth-order valence-corrected chi connectivity index (χ4v) is 6.00. The minimum absolute atomic E-state index is 0.00970. The van der Waals surface area contributed by atoms with E-state index in [1.165, 1.54) is 0 Å². The van der Waals surface area contributed by atoms with Crippen molar-refractivity contribution in [3.63, 3.8) is 0 Å². The van der Waals surface area contributed by atoms with Crippen LogP contribution in [0.3, 0.4) is 0 Å². The molecule has 2 rings (SSSR count). The monoisotopic (exact) mass is 694 g/mol. The van der Waals surface area contributed by atoms with Crippen LogP contribution in [0.2, 0.25) is 0 Å². The van der Waals surface area contributed by atoms with Gasteiger partial charge in [-0.1, -0.05) is 45.4 Å². The molecule has 0 amide bonds. The molecule has 0 N–H and O–H groups in total. The van der Waals surface area contributed by atoms with Crippen molar-refractivity contribution in [1.29, 1.82) is 0 Å². The maximum absolute atomic E-state index is 14.1. The molecule has 0 bridgehead atoms. The summed E-state index contributed by atoms with van der Waals surface area (Å²) in [6.07, 6.45) is 3.30. The van der Waals surface area contributed by atoms with Gasteiger partial charge in [0.25, 0.3) is 0 Å². The Kier molecular flexibility index (Phi) is 12.2. The third kappa shape index (κ3) is 7.28. The SMILES string of the molecule is CCCCCC1CCC(C2CCC(C(=O)OCC(F)(F)C(F)(F)C(F)(F)C(F)(F)C(F)(F)C(F)(F)C(F)(F)C(F)F)CC2)CC1. The predicted octanol–water partition coefficient (Wildman–Crippen LogP) is 10.4. The fourth-order valence-electron chi connectivity index (χ4n) is 6.00. The minimum atomic E-state index is -8.47. The van der Waals surface area contributed by atoms with Gasteiger partial charge in [-0.25, -0.2) is 8.78 Å². The van der Waals surface area contributed by atoms with Gasteiger partial charge in [0, 0.05) is 0 Å². The molecule has 2 saturated carbocycles. The molecule has 0 aromatic rings. The van der Waals surface area contributed by atoms with Crippen LogP contribution in [0.1, 0.15) is 84.0 Å². The summed E-state index contributed by atoms with van der Waals surface area (Å²) in [4.78, 5) is 12.2. The minimum Gasteiger partial charge on any atom is -0.459 e. The molecule has 0 aliphatic heterocycles. The van der Waals surface area contributed by atoms with Crippen LogP contribution in [0, 0.1) is 23.7 Å². The van der Waals surface area contributed by atoms with Crippen LogP contribution in [0.4, 0.5) is 70.2 Å². The van der Waals surface area contributed by atoms with E-state index < -0.39 is 66.4 Å². The average Bonchev–Trinajstić information content (AvgIpc) is 2.95. The Bertz CT molecular complexity index is 968. The van der Waals surface area contributed by atoms with Crippen LogP contribution in [0.15, 0.2) is 0 Å². The van der Waals surface area contributed by atoms with E-state index in [1.54, 1.807) is 0 Å². The number of ether oxygens (including phenoxy) is 1. The van der Waals surface area contributed by atoms with E-state index in [4.69, 9.17) is 0 Å². The highest BCUT2D eigenvalue weighted by atomic mass is 19.4. The second kappa shape index (κ2) is 13.8. The van der Waals surface area contributed by atoms with Crippen LogP contribution in [-0.4, -0.2) is 60.5 Å². The molecule has 0 aromatic heterocycles. The molecule has 0 heterocycles. The number of hydrogen-bond acceptors (Lipinski definition) is 2. The molecule has 2 aliphatic rings. The normalized spacial score (nSPS) is 25.0. The second-order valence-corrected chi connectivity index (χ2v) is 12.0. The highest BCUT2D eigenvalue weighted by Crippen LogP contribution is 2.62. The van der Waals surface area contributed by atoms with Gasteiger partial charge < -0.3 is 4.74 Å². The third-order valence-electron chi connectivity index (χ3n) is 9.00. The fraction of sp³-hybridized carbons (Fsp3) is 0.963. The molecule has 0 atom stereocenters. The first-order valence-corrected chi connectivity index (χ1v) is 14.4. The quantitative estimate of drug-likeness (QED) is 0.0969. The molecule has 2 fully saturated rings. The van der Waals surface area contributed by atoms with Crippen molar-refractivity contribution in [1.82, 2.24) is 0 Å². The lowest BCUT2D eigenvalue weighted by molar-refractivity contribution is -0.447. The molecular formula is C27H34F16O2. The number of rotatable bonds is 15. The highest BCUT2D eigenvalue weighted by molar-refractivity contribution is 5.72. The zero-order valence-corrected chi connectivity index (χ0v) is 23.9. The molecule has 0 saturated heterocycles. The van der Waals surface area contributed by atoms with E-state index in [9.17, 15) is 75.0 Å². The first kappa shape index (κ1) is 39.5. The van der Waals surface area contributed by atoms with E-state index in [1.807, 2.05) is 0 Å². The zero-order chi connectivity index (χ0) is 34.9. The highest BCUT2D eigenvalue weighted by Gasteiger charge is 2.93. The Hall–Kier alpha value is -1.65. The Morgan fingerprint density at radius 1 is 0.622 bits per heavy atom. The third-order valence-corrected chi connectivity index (χ3v) is 9.00. The predicted molar refractivity (Wildman–Crippen MR) is 127 cm³/mol. The molecule has 266 valence electrons. The van der Waals surface area contributed by atoms with Gasteiger partial charge in [0.1, 0.15) is 0 Å². The largest absolute Gasteiger partial charge is 0.459 e. The standard InChI is InChI=1S/C27H34F16O2/c1-2-3-4-5-15-6-8-16(9-7-15)17-10-12-18(13-11-17)19(44)45-14-21(30,31)23(34,35)25(38,39)27(42,43)26(40,41)24(36,37)22(32,33)20(28)29/h15-18,20H,2-14H2,1H3. The van der Waals surface area contributed by atoms with Gasteiger partial charge in [0.05, 0.1) is 5.92 Å². The van der Waals surface area contributed by atoms with E-state index in [0.717, 1.165) is 51.4 Å². The molecule has 0 radical (unpaired) electrons. The van der Waals surface area contributed by atoms with Crippen LogP contribution in [0.25, 0.3) is 0 Å². The summed E-state index contributed by atoms with van der Waals surface area (Å²) in [6, 6.07) is 0. The summed E-state index contributed by atoms with van der Waals surface area (Å²) in [6.45, 7) is -1.01. The molecule has 0 unspecified atom stereocenters. The van der Waals surface area contributed by atoms with Crippen molar-refractivity contribution in [2.45, 2.75) is 132 Å². The molecule has 0 spiro atoms. The summed E-state index contributed by atoms with van der Waals surface area (Å²) in [5.41, 5.74) is 0. The smallest absolute Gasteiger partial charge is 0.385 e. The molecule has 2 nitrogen and oxygen atoms in total. The summed E-state index contributed by atoms with van der Waals surface area (Å²) in [7, 11) is 0. The summed E-state index contributed by atoms with van der Waals surface area (Å²) in [5, 5.41) is 0. The van der Waals surface area contributed by atoms with E-state index >= 15 is 0 Å². The first-order valence-electron chi connectivity index (χ1n) is 14.4. The maximum atomic E-state index is 14.1. The lowest BCUT2D eigenvalue weighted by atomic mass is 9.68. The van der Waals surface area contributed by atoms with Crippen molar-refractivity contribution < 1.29 is 79.8 Å². The molecule has 18 heteroatoms. The number of alkyl halides is 16. The number of unbranched alkanes of at least 4 members (excludes halogenated alkanes) is 2. The van der Waals surface area contributed by atoms with Gasteiger partial charge in [-0.05, 0) is 56.3 Å². The average molecular weight is 695 g/mol. The number of carbonyl (C=O) groups is 1. The molecule has 45 heavy (non-hydrogen) atoms. The van der Waals surface area contributed by atoms with Gasteiger partial charge in [-0.2, -0.15) is 61.5 Å². The lowest BCUT2D eigenvalue weighted by Gasteiger charge is -2.42. The van der Waals surface area contributed by atoms with Gasteiger partial charge in [-0.15, -0.1) is 0 Å². The van der Waals surface area contributed by atoms with Gasteiger partial charge >= 0.3 is 53.9 Å². The number of esters is 1. The van der Waals surface area contributed by atoms with Gasteiger partial charge in [-0.3, -0.25) is 4.79 Å². The van der Waals surface area contributed by atoms with Crippen molar-refractivity contribution >= 4 is 5.97 Å². The Morgan fingerprint density at radius 3 is 1.49 bits per heavy atom. The van der Waals surface area contributed by atoms with Gasteiger partial charge in [0.15, 0.2) is 6.61 Å². The van der Waals surface area contributed by atoms with Crippen LogP contribution in [0.5, 0.6) is 0 Å². The number of carbonyl (C=O) groups excluding carboxylic acids is 1. The topological polar surface area (TPSA) is 26.3 Å².